The van der Waals surface area contributed by atoms with Crippen molar-refractivity contribution < 1.29 is 4.52 Å². The van der Waals surface area contributed by atoms with Crippen molar-refractivity contribution >= 4 is 16.9 Å². The van der Waals surface area contributed by atoms with Gasteiger partial charge in [-0.15, -0.1) is 0 Å². The standard InChI is InChI=1S/C20H20N7O/c1-12-16(10-28-26-12)13-2-4-14(5-3-13)18-17-19(21)23-11-24-20(17)27(25-18)15-6-8-22-9-7-15/h2-5,11,15,22H,6-9H2,1H3,(H2,21,23,24). The summed E-state index contributed by atoms with van der Waals surface area (Å²) in [5, 5.41) is 13.0. The predicted molar refractivity (Wildman–Crippen MR) is 105 cm³/mol. The highest BCUT2D eigenvalue weighted by molar-refractivity contribution is 5.98. The van der Waals surface area contributed by atoms with E-state index in [1.165, 1.54) is 6.33 Å². The van der Waals surface area contributed by atoms with Gasteiger partial charge in [0.05, 0.1) is 22.7 Å². The maximum Gasteiger partial charge on any atom is 0.213 e. The highest BCUT2D eigenvalue weighted by Gasteiger charge is 2.23. The van der Waals surface area contributed by atoms with Crippen LogP contribution in [0, 0.1) is 13.2 Å². The minimum atomic E-state index is 0.306. The van der Waals surface area contributed by atoms with Gasteiger partial charge in [0.1, 0.15) is 17.8 Å². The molecule has 3 N–H and O–H groups in total. The van der Waals surface area contributed by atoms with Gasteiger partial charge < -0.3 is 15.6 Å². The summed E-state index contributed by atoms with van der Waals surface area (Å²) in [7, 11) is 0. The zero-order valence-corrected chi connectivity index (χ0v) is 15.5. The minimum Gasteiger partial charge on any atom is -0.383 e. The number of aryl methyl sites for hydroxylation is 1. The Hall–Kier alpha value is -3.26. The second-order valence-corrected chi connectivity index (χ2v) is 7.05. The fraction of sp³-hybridized carbons (Fsp3) is 0.300. The lowest BCUT2D eigenvalue weighted by molar-refractivity contribution is 0.350. The van der Waals surface area contributed by atoms with E-state index < -0.39 is 0 Å². The third kappa shape index (κ3) is 2.73. The van der Waals surface area contributed by atoms with Crippen LogP contribution in [0.4, 0.5) is 5.82 Å². The van der Waals surface area contributed by atoms with Crippen LogP contribution in [0.1, 0.15) is 24.6 Å². The van der Waals surface area contributed by atoms with E-state index in [2.05, 4.69) is 26.7 Å². The molecule has 4 heterocycles. The molecule has 141 valence electrons. The van der Waals surface area contributed by atoms with Gasteiger partial charge in [0.2, 0.25) is 6.26 Å². The van der Waals surface area contributed by atoms with E-state index in [1.807, 2.05) is 35.9 Å². The third-order valence-electron chi connectivity index (χ3n) is 5.31. The average Bonchev–Trinajstić information content (AvgIpc) is 3.33. The molecule has 0 bridgehead atoms. The lowest BCUT2D eigenvalue weighted by Gasteiger charge is -2.23. The summed E-state index contributed by atoms with van der Waals surface area (Å²) in [6, 6.07) is 8.38. The molecule has 1 saturated heterocycles. The lowest BCUT2D eigenvalue weighted by Crippen LogP contribution is -2.30. The Morgan fingerprint density at radius 2 is 1.89 bits per heavy atom. The highest BCUT2D eigenvalue weighted by Crippen LogP contribution is 2.34. The summed E-state index contributed by atoms with van der Waals surface area (Å²) >= 11 is 0. The zero-order chi connectivity index (χ0) is 19.1. The number of hydrogen-bond acceptors (Lipinski definition) is 7. The maximum atomic E-state index is 6.22. The van der Waals surface area contributed by atoms with Gasteiger partial charge in [-0.25, -0.2) is 14.6 Å². The molecule has 1 fully saturated rings. The molecule has 0 amide bonds. The van der Waals surface area contributed by atoms with E-state index in [0.717, 1.165) is 65.0 Å². The molecule has 1 aliphatic rings. The largest absolute Gasteiger partial charge is 0.383 e. The number of piperidine rings is 1. The Balaban J connectivity index is 1.61. The van der Waals surface area contributed by atoms with Crippen LogP contribution in [0.15, 0.2) is 35.1 Å². The van der Waals surface area contributed by atoms with E-state index in [0.29, 0.717) is 11.9 Å². The molecular weight excluding hydrogens is 354 g/mol. The van der Waals surface area contributed by atoms with Gasteiger partial charge >= 0.3 is 0 Å². The molecule has 0 unspecified atom stereocenters. The number of nitrogens with zero attached hydrogens (tertiary/aromatic N) is 5. The van der Waals surface area contributed by atoms with Gasteiger partial charge in [-0.1, -0.05) is 29.4 Å². The van der Waals surface area contributed by atoms with E-state index in [1.54, 1.807) is 0 Å². The SMILES string of the molecule is Cc1no[c]c1-c1ccc(-c2nn(C3CCNCC3)c3ncnc(N)c23)cc1. The van der Waals surface area contributed by atoms with Crippen molar-refractivity contribution in [3.63, 3.8) is 0 Å². The van der Waals surface area contributed by atoms with Crippen LogP contribution in [-0.2, 0) is 0 Å². The van der Waals surface area contributed by atoms with E-state index in [4.69, 9.17) is 15.4 Å². The first-order chi connectivity index (χ1) is 13.7. The zero-order valence-electron chi connectivity index (χ0n) is 15.5. The molecule has 8 nitrogen and oxygen atoms in total. The Morgan fingerprint density at radius 3 is 2.61 bits per heavy atom. The van der Waals surface area contributed by atoms with Gasteiger partial charge in [-0.3, -0.25) is 0 Å². The number of anilines is 1. The number of rotatable bonds is 3. The molecule has 1 aromatic carbocycles. The summed E-state index contributed by atoms with van der Waals surface area (Å²) in [5.74, 6) is 0.451. The number of aromatic nitrogens is 5. The number of benzene rings is 1. The first kappa shape index (κ1) is 16.9. The van der Waals surface area contributed by atoms with Crippen LogP contribution in [0.5, 0.6) is 0 Å². The fourth-order valence-electron chi connectivity index (χ4n) is 3.82. The molecule has 3 aromatic heterocycles. The van der Waals surface area contributed by atoms with E-state index >= 15 is 0 Å². The van der Waals surface area contributed by atoms with Crippen molar-refractivity contribution in [2.24, 2.45) is 0 Å². The van der Waals surface area contributed by atoms with Gasteiger partial charge in [0.25, 0.3) is 0 Å². The van der Waals surface area contributed by atoms with Crippen molar-refractivity contribution in [2.75, 3.05) is 18.8 Å². The lowest BCUT2D eigenvalue weighted by atomic mass is 10.0. The van der Waals surface area contributed by atoms with Gasteiger partial charge in [0.15, 0.2) is 5.65 Å². The molecule has 4 aromatic rings. The van der Waals surface area contributed by atoms with E-state index in [-0.39, 0.29) is 0 Å². The van der Waals surface area contributed by atoms with Crippen molar-refractivity contribution in [3.05, 3.63) is 42.5 Å². The summed E-state index contributed by atoms with van der Waals surface area (Å²) < 4.78 is 6.95. The number of nitrogens with two attached hydrogens (primary N) is 1. The predicted octanol–water partition coefficient (Wildman–Crippen LogP) is 2.76. The number of hydrogen-bond donors (Lipinski definition) is 2. The quantitative estimate of drug-likeness (QED) is 0.568. The number of nitrogen functional groups attached to an aromatic ring is 1. The first-order valence-electron chi connectivity index (χ1n) is 9.36. The Labute approximate surface area is 161 Å². The average molecular weight is 374 g/mol. The monoisotopic (exact) mass is 374 g/mol. The van der Waals surface area contributed by atoms with Crippen LogP contribution >= 0.6 is 0 Å². The van der Waals surface area contributed by atoms with Crippen LogP contribution in [-0.4, -0.2) is 38.0 Å². The molecule has 0 atom stereocenters. The number of fused-ring (bicyclic) bond motifs is 1. The Morgan fingerprint density at radius 1 is 1.14 bits per heavy atom. The Kier molecular flexibility index (Phi) is 4.05. The third-order valence-corrected chi connectivity index (χ3v) is 5.31. The molecular formula is C20H20N7O. The van der Waals surface area contributed by atoms with Gasteiger partial charge in [-0.2, -0.15) is 5.10 Å². The molecule has 1 aliphatic heterocycles. The summed E-state index contributed by atoms with van der Waals surface area (Å²) in [6.07, 6.45) is 6.35. The summed E-state index contributed by atoms with van der Waals surface area (Å²) in [4.78, 5) is 8.69. The number of nitrogens with one attached hydrogen (secondary N) is 1. The normalized spacial score (nSPS) is 15.3. The Bertz CT molecular complexity index is 1120. The highest BCUT2D eigenvalue weighted by atomic mass is 16.5. The van der Waals surface area contributed by atoms with Crippen LogP contribution in [0.3, 0.4) is 0 Å². The maximum absolute atomic E-state index is 6.22. The van der Waals surface area contributed by atoms with Crippen LogP contribution in [0.25, 0.3) is 33.4 Å². The van der Waals surface area contributed by atoms with E-state index in [9.17, 15) is 0 Å². The molecule has 0 saturated carbocycles. The van der Waals surface area contributed by atoms with Crippen molar-refractivity contribution in [1.29, 1.82) is 0 Å². The smallest absolute Gasteiger partial charge is 0.213 e. The van der Waals surface area contributed by atoms with Crippen LogP contribution < -0.4 is 11.1 Å². The van der Waals surface area contributed by atoms with Crippen molar-refractivity contribution in [1.82, 2.24) is 30.2 Å². The first-order valence-corrected chi connectivity index (χ1v) is 9.36. The fourth-order valence-corrected chi connectivity index (χ4v) is 3.82. The molecule has 0 aliphatic carbocycles. The summed E-state index contributed by atoms with van der Waals surface area (Å²) in [5.41, 5.74) is 11.5. The van der Waals surface area contributed by atoms with Gasteiger partial charge in [-0.05, 0) is 38.4 Å². The minimum absolute atomic E-state index is 0.306. The molecule has 8 heteroatoms. The molecule has 28 heavy (non-hydrogen) atoms. The molecule has 1 radical (unpaired) electrons. The van der Waals surface area contributed by atoms with Crippen molar-refractivity contribution in [3.8, 4) is 22.4 Å². The van der Waals surface area contributed by atoms with Crippen LogP contribution in [0.2, 0.25) is 0 Å². The van der Waals surface area contributed by atoms with Crippen molar-refractivity contribution in [2.45, 2.75) is 25.8 Å². The molecule has 0 spiro atoms. The second kappa shape index (κ2) is 6.72. The second-order valence-electron chi connectivity index (χ2n) is 7.05. The topological polar surface area (TPSA) is 108 Å². The molecule has 5 rings (SSSR count). The van der Waals surface area contributed by atoms with Gasteiger partial charge in [0, 0.05) is 5.56 Å². The summed E-state index contributed by atoms with van der Waals surface area (Å²) in [6.45, 7) is 3.85.